The summed E-state index contributed by atoms with van der Waals surface area (Å²) in [6.07, 6.45) is 3.09. The van der Waals surface area contributed by atoms with Gasteiger partial charge in [0, 0.05) is 16.8 Å². The molecule has 0 spiro atoms. The molecule has 0 bridgehead atoms. The summed E-state index contributed by atoms with van der Waals surface area (Å²) in [5.41, 5.74) is 5.37. The quantitative estimate of drug-likeness (QED) is 0.351. The van der Waals surface area contributed by atoms with Crippen LogP contribution in [0.5, 0.6) is 5.75 Å². The number of imidazole rings is 1. The SMILES string of the molecule is COc1ccc(-c2n[nH]c(C)c2CC(=O)N[C@H](CCSC)c2nc3ccccc3[nH]2)cc1. The summed E-state index contributed by atoms with van der Waals surface area (Å²) >= 11 is 1.75. The molecule has 0 unspecified atom stereocenters. The lowest BCUT2D eigenvalue weighted by Gasteiger charge is -2.16. The highest BCUT2D eigenvalue weighted by atomic mass is 32.2. The molecule has 0 saturated heterocycles. The normalized spacial score (nSPS) is 12.1. The number of benzene rings is 2. The molecule has 0 fully saturated rings. The van der Waals surface area contributed by atoms with E-state index in [1.165, 1.54) is 0 Å². The first-order valence-electron chi connectivity index (χ1n) is 10.5. The van der Waals surface area contributed by atoms with E-state index in [0.717, 1.165) is 57.3 Å². The average molecular weight is 450 g/mol. The van der Waals surface area contributed by atoms with Gasteiger partial charge in [0.2, 0.25) is 5.91 Å². The van der Waals surface area contributed by atoms with Crippen LogP contribution in [0.4, 0.5) is 0 Å². The van der Waals surface area contributed by atoms with Crippen molar-refractivity contribution >= 4 is 28.7 Å². The Hall–Kier alpha value is -3.26. The standard InChI is InChI=1S/C24H27N5O2S/c1-15-18(23(29-28-15)16-8-10-17(31-2)11-9-16)14-22(30)25-21(12-13-32-3)24-26-19-6-4-5-7-20(19)27-24/h4-11,21H,12-14H2,1-3H3,(H,25,30)(H,26,27)(H,28,29)/t21-/m1/s1. The molecular formula is C24H27N5O2S. The second-order valence-electron chi connectivity index (χ2n) is 7.62. The third-order valence-corrected chi connectivity index (χ3v) is 6.10. The minimum Gasteiger partial charge on any atom is -0.497 e. The molecule has 1 atom stereocenters. The fraction of sp³-hybridized carbons (Fsp3) is 0.292. The van der Waals surface area contributed by atoms with Crippen LogP contribution in [0.15, 0.2) is 48.5 Å². The zero-order chi connectivity index (χ0) is 22.5. The highest BCUT2D eigenvalue weighted by Crippen LogP contribution is 2.27. The van der Waals surface area contributed by atoms with Crippen LogP contribution in [0.3, 0.4) is 0 Å². The number of thioether (sulfide) groups is 1. The molecule has 0 aliphatic rings. The second-order valence-corrected chi connectivity index (χ2v) is 8.61. The van der Waals surface area contributed by atoms with Gasteiger partial charge in [0.1, 0.15) is 11.6 Å². The van der Waals surface area contributed by atoms with Crippen LogP contribution in [0.1, 0.15) is 29.5 Å². The molecule has 4 rings (SSSR count). The number of nitrogens with one attached hydrogen (secondary N) is 3. The predicted octanol–water partition coefficient (Wildman–Crippen LogP) is 4.42. The summed E-state index contributed by atoms with van der Waals surface area (Å²) in [5, 5.41) is 10.7. The molecule has 7 nitrogen and oxygen atoms in total. The van der Waals surface area contributed by atoms with Gasteiger partial charge < -0.3 is 15.0 Å². The van der Waals surface area contributed by atoms with Crippen molar-refractivity contribution in [3.8, 4) is 17.0 Å². The smallest absolute Gasteiger partial charge is 0.225 e. The number of carbonyl (C=O) groups is 1. The maximum Gasteiger partial charge on any atom is 0.225 e. The maximum atomic E-state index is 13.1. The number of methoxy groups -OCH3 is 1. The second kappa shape index (κ2) is 9.91. The van der Waals surface area contributed by atoms with Gasteiger partial charge in [-0.05, 0) is 61.8 Å². The van der Waals surface area contributed by atoms with Gasteiger partial charge in [-0.25, -0.2) is 4.98 Å². The molecule has 0 radical (unpaired) electrons. The number of fused-ring (bicyclic) bond motifs is 1. The van der Waals surface area contributed by atoms with E-state index >= 15 is 0 Å². The highest BCUT2D eigenvalue weighted by molar-refractivity contribution is 7.98. The van der Waals surface area contributed by atoms with Gasteiger partial charge >= 0.3 is 0 Å². The van der Waals surface area contributed by atoms with E-state index < -0.39 is 0 Å². The van der Waals surface area contributed by atoms with Crippen molar-refractivity contribution in [3.63, 3.8) is 0 Å². The third-order valence-electron chi connectivity index (χ3n) is 5.46. The zero-order valence-corrected chi connectivity index (χ0v) is 19.3. The largest absolute Gasteiger partial charge is 0.497 e. The van der Waals surface area contributed by atoms with Crippen molar-refractivity contribution in [3.05, 3.63) is 65.6 Å². The molecule has 2 heterocycles. The molecule has 2 aromatic carbocycles. The van der Waals surface area contributed by atoms with Crippen molar-refractivity contribution < 1.29 is 9.53 Å². The minimum atomic E-state index is -0.181. The van der Waals surface area contributed by atoms with E-state index in [1.807, 2.05) is 55.5 Å². The van der Waals surface area contributed by atoms with Crippen LogP contribution in [-0.4, -0.2) is 45.2 Å². The summed E-state index contributed by atoms with van der Waals surface area (Å²) in [6, 6.07) is 15.4. The van der Waals surface area contributed by atoms with E-state index in [4.69, 9.17) is 9.72 Å². The molecule has 4 aromatic rings. The first-order valence-corrected chi connectivity index (χ1v) is 11.9. The summed E-state index contributed by atoms with van der Waals surface area (Å²) in [4.78, 5) is 21.2. The summed E-state index contributed by atoms with van der Waals surface area (Å²) in [5.74, 6) is 2.43. The van der Waals surface area contributed by atoms with Gasteiger partial charge in [-0.3, -0.25) is 9.89 Å². The number of hydrogen-bond donors (Lipinski definition) is 3. The summed E-state index contributed by atoms with van der Waals surface area (Å²) in [7, 11) is 1.64. The number of carbonyl (C=O) groups excluding carboxylic acids is 1. The van der Waals surface area contributed by atoms with Crippen LogP contribution >= 0.6 is 11.8 Å². The minimum absolute atomic E-state index is 0.0594. The molecule has 3 N–H and O–H groups in total. The van der Waals surface area contributed by atoms with Crippen molar-refractivity contribution in [1.29, 1.82) is 0 Å². The number of hydrogen-bond acceptors (Lipinski definition) is 5. The average Bonchev–Trinajstić information content (AvgIpc) is 3.40. The van der Waals surface area contributed by atoms with Gasteiger partial charge in [-0.2, -0.15) is 16.9 Å². The Morgan fingerprint density at radius 2 is 1.97 bits per heavy atom. The number of nitrogens with zero attached hydrogens (tertiary/aromatic N) is 2. The van der Waals surface area contributed by atoms with Crippen molar-refractivity contribution in [1.82, 2.24) is 25.5 Å². The van der Waals surface area contributed by atoms with Crippen molar-refractivity contribution in [2.45, 2.75) is 25.8 Å². The van der Waals surface area contributed by atoms with Crippen LogP contribution in [0.2, 0.25) is 0 Å². The lowest BCUT2D eigenvalue weighted by Crippen LogP contribution is -2.31. The number of aromatic nitrogens is 4. The Labute approximate surface area is 191 Å². The fourth-order valence-corrected chi connectivity index (χ4v) is 4.18. The van der Waals surface area contributed by atoms with Gasteiger partial charge in [0.15, 0.2) is 0 Å². The molecule has 8 heteroatoms. The Morgan fingerprint density at radius 1 is 1.19 bits per heavy atom. The third kappa shape index (κ3) is 4.80. The highest BCUT2D eigenvalue weighted by Gasteiger charge is 2.21. The van der Waals surface area contributed by atoms with Gasteiger partial charge in [-0.15, -0.1) is 0 Å². The van der Waals surface area contributed by atoms with Crippen molar-refractivity contribution in [2.24, 2.45) is 0 Å². The van der Waals surface area contributed by atoms with Crippen LogP contribution in [0, 0.1) is 6.92 Å². The molecule has 1 amide bonds. The van der Waals surface area contributed by atoms with Gasteiger partial charge in [0.05, 0.1) is 36.3 Å². The molecule has 0 saturated carbocycles. The Morgan fingerprint density at radius 3 is 2.69 bits per heavy atom. The van der Waals surface area contributed by atoms with E-state index in [2.05, 4.69) is 26.8 Å². The van der Waals surface area contributed by atoms with E-state index in [1.54, 1.807) is 18.9 Å². The number of para-hydroxylation sites is 2. The van der Waals surface area contributed by atoms with E-state index in [0.29, 0.717) is 0 Å². The Balaban J connectivity index is 1.54. The number of amides is 1. The number of aromatic amines is 2. The Kier molecular flexibility index (Phi) is 6.80. The van der Waals surface area contributed by atoms with Gasteiger partial charge in [0.25, 0.3) is 0 Å². The maximum absolute atomic E-state index is 13.1. The molecule has 32 heavy (non-hydrogen) atoms. The van der Waals surface area contributed by atoms with Crippen molar-refractivity contribution in [2.75, 3.05) is 19.1 Å². The summed E-state index contributed by atoms with van der Waals surface area (Å²) in [6.45, 7) is 1.94. The summed E-state index contributed by atoms with van der Waals surface area (Å²) < 4.78 is 5.24. The fourth-order valence-electron chi connectivity index (χ4n) is 3.71. The molecule has 0 aliphatic heterocycles. The van der Waals surface area contributed by atoms with Crippen LogP contribution in [0.25, 0.3) is 22.3 Å². The number of rotatable bonds is 9. The zero-order valence-electron chi connectivity index (χ0n) is 18.4. The predicted molar refractivity (Wildman–Crippen MR) is 129 cm³/mol. The number of H-pyrrole nitrogens is 2. The van der Waals surface area contributed by atoms with Crippen LogP contribution in [-0.2, 0) is 11.2 Å². The van der Waals surface area contributed by atoms with Gasteiger partial charge in [-0.1, -0.05) is 12.1 Å². The first kappa shape index (κ1) is 22.0. The lowest BCUT2D eigenvalue weighted by molar-refractivity contribution is -0.121. The lowest BCUT2D eigenvalue weighted by atomic mass is 10.0. The topological polar surface area (TPSA) is 95.7 Å². The molecular weight excluding hydrogens is 422 g/mol. The number of ether oxygens (including phenoxy) is 1. The molecule has 166 valence electrons. The molecule has 2 aromatic heterocycles. The number of aryl methyl sites for hydroxylation is 1. The van der Waals surface area contributed by atoms with Crippen LogP contribution < -0.4 is 10.1 Å². The first-order chi connectivity index (χ1) is 15.6. The van der Waals surface area contributed by atoms with E-state index in [9.17, 15) is 4.79 Å². The Bertz CT molecular complexity index is 1170. The monoisotopic (exact) mass is 449 g/mol. The van der Waals surface area contributed by atoms with E-state index in [-0.39, 0.29) is 18.4 Å². The molecule has 0 aliphatic carbocycles.